The van der Waals surface area contributed by atoms with Crippen LogP contribution in [0.4, 0.5) is 4.39 Å². The van der Waals surface area contributed by atoms with Gasteiger partial charge in [0.2, 0.25) is 5.71 Å². The zero-order valence-corrected chi connectivity index (χ0v) is 38.2. The van der Waals surface area contributed by atoms with Gasteiger partial charge in [-0.2, -0.15) is 0 Å². The molecule has 0 unspecified atom stereocenters. The van der Waals surface area contributed by atoms with Gasteiger partial charge in [0.15, 0.2) is 0 Å². The van der Waals surface area contributed by atoms with Crippen LogP contribution in [0.5, 0.6) is 0 Å². The number of hydrogen-bond acceptors (Lipinski definition) is 4. The van der Waals surface area contributed by atoms with E-state index >= 15 is 0 Å². The minimum atomic E-state index is -1.65. The molecule has 6 aromatic carbocycles. The largest absolute Gasteiger partial charge is 0.486 e. The molecule has 4 heterocycles. The summed E-state index contributed by atoms with van der Waals surface area (Å²) in [6.45, 7) is 12.2. The summed E-state index contributed by atoms with van der Waals surface area (Å²) in [7, 11) is -1.65. The van der Waals surface area contributed by atoms with Gasteiger partial charge in [-0.3, -0.25) is 9.37 Å². The summed E-state index contributed by atoms with van der Waals surface area (Å²) in [5.74, 6) is 0.443. The summed E-state index contributed by atoms with van der Waals surface area (Å²) in [4.78, 5) is 14.3. The number of aryl methyl sites for hydroxylation is 1. The molecule has 0 amide bonds. The molecular formula is C53H45FIrN4OSi-2. The molecular weight excluding hydrogens is 948 g/mol. The van der Waals surface area contributed by atoms with E-state index in [1.807, 2.05) is 24.3 Å². The molecule has 4 aromatic heterocycles. The average Bonchev–Trinajstić information content (AvgIpc) is 3.85. The van der Waals surface area contributed by atoms with Crippen LogP contribution in [0.1, 0.15) is 34.6 Å². The Labute approximate surface area is 373 Å². The van der Waals surface area contributed by atoms with Crippen molar-refractivity contribution in [3.8, 4) is 39.5 Å². The molecule has 0 aliphatic carbocycles. The molecule has 8 heteroatoms. The number of benzene rings is 6. The Kier molecular flexibility index (Phi) is 10.5. The van der Waals surface area contributed by atoms with Crippen molar-refractivity contribution in [3.63, 3.8) is 0 Å². The van der Waals surface area contributed by atoms with E-state index in [-0.39, 0.29) is 31.3 Å². The van der Waals surface area contributed by atoms with Gasteiger partial charge in [0.1, 0.15) is 0 Å². The molecule has 0 atom stereocenters. The van der Waals surface area contributed by atoms with Crippen LogP contribution in [-0.2, 0) is 25.5 Å². The van der Waals surface area contributed by atoms with E-state index in [1.54, 1.807) is 24.5 Å². The molecule has 0 bridgehead atoms. The van der Waals surface area contributed by atoms with Gasteiger partial charge in [-0.15, -0.1) is 48.0 Å². The third-order valence-corrected chi connectivity index (χ3v) is 13.0. The molecule has 0 N–H and O–H groups in total. The van der Waals surface area contributed by atoms with Crippen molar-refractivity contribution < 1.29 is 31.7 Å². The number of fused-ring (bicyclic) bond motifs is 6. The van der Waals surface area contributed by atoms with Crippen LogP contribution in [0.2, 0.25) is 19.6 Å². The van der Waals surface area contributed by atoms with E-state index in [1.165, 1.54) is 17.7 Å². The van der Waals surface area contributed by atoms with E-state index in [2.05, 4.69) is 152 Å². The number of hydrogen-bond donors (Lipinski definition) is 0. The fourth-order valence-corrected chi connectivity index (χ4v) is 9.21. The van der Waals surface area contributed by atoms with E-state index < -0.39 is 14.9 Å². The second-order valence-corrected chi connectivity index (χ2v) is 22.2. The topological polar surface area (TPSA) is 56.7 Å². The summed E-state index contributed by atoms with van der Waals surface area (Å²) < 4.78 is 37.0. The third-order valence-electron chi connectivity index (χ3n) is 11.0. The predicted octanol–water partition coefficient (Wildman–Crippen LogP) is 13.4. The first-order valence-electron chi connectivity index (χ1n) is 21.2. The van der Waals surface area contributed by atoms with Crippen LogP contribution in [-0.4, -0.2) is 27.6 Å². The maximum absolute atomic E-state index is 12.9. The van der Waals surface area contributed by atoms with E-state index in [0.29, 0.717) is 22.5 Å². The minimum absolute atomic E-state index is 0. The molecule has 61 heavy (non-hydrogen) atoms. The summed E-state index contributed by atoms with van der Waals surface area (Å²) in [5, 5.41) is 5.28. The van der Waals surface area contributed by atoms with Crippen LogP contribution < -0.4 is 5.19 Å². The number of imidazole rings is 1. The fraction of sp³-hybridized carbons (Fsp3) is 0.151. The number of halogens is 1. The van der Waals surface area contributed by atoms with Crippen LogP contribution in [0.3, 0.4) is 0 Å². The molecule has 0 saturated carbocycles. The summed E-state index contributed by atoms with van der Waals surface area (Å²) >= 11 is 0. The van der Waals surface area contributed by atoms with Gasteiger partial charge in [0.05, 0.1) is 30.5 Å². The Bertz CT molecular complexity index is 3260. The van der Waals surface area contributed by atoms with Crippen molar-refractivity contribution in [1.82, 2.24) is 19.5 Å². The van der Waals surface area contributed by atoms with Gasteiger partial charge in [-0.05, 0) is 70.0 Å². The number of rotatable bonds is 5. The molecule has 0 aliphatic heterocycles. The van der Waals surface area contributed by atoms with Crippen LogP contribution in [0.25, 0.3) is 83.3 Å². The first kappa shape index (κ1) is 39.1. The number of aromatic nitrogens is 4. The summed E-state index contributed by atoms with van der Waals surface area (Å²) in [5.41, 5.74) is 10.8. The maximum atomic E-state index is 12.9. The first-order valence-corrected chi connectivity index (χ1v) is 23.6. The number of furan rings is 1. The predicted molar refractivity (Wildman–Crippen MR) is 248 cm³/mol. The van der Waals surface area contributed by atoms with Crippen LogP contribution in [0.15, 0.2) is 150 Å². The van der Waals surface area contributed by atoms with Gasteiger partial charge in [0.25, 0.3) is 0 Å². The van der Waals surface area contributed by atoms with Crippen molar-refractivity contribution >= 4 is 57.1 Å². The van der Waals surface area contributed by atoms with Crippen LogP contribution >= 0.6 is 0 Å². The standard InChI is InChI=1S/C38H28N3O.C15H17FNSi.Ir/c1-38(2,3)26-19-21-32(31(23-26)24-11-5-4-6-12-24)41-33-20-18-25-13-7-8-14-27(25)34(33)40-36(41)30-16-9-15-28-29-17-10-22-39-37(29)42-35(28)30;1-11-9-14(12-5-7-13(16)8-6-12)17-10-15(11)18(2,3)4;/h4-15,17-23H,1-3H3;5,7-10H,1-4H3;/q2*-1;/i;1D2;. The summed E-state index contributed by atoms with van der Waals surface area (Å²) in [6, 6.07) is 50.5. The zero-order chi connectivity index (χ0) is 43.3. The third kappa shape index (κ3) is 7.99. The fourth-order valence-electron chi connectivity index (χ4n) is 7.82. The van der Waals surface area contributed by atoms with Crippen molar-refractivity contribution in [2.45, 2.75) is 52.7 Å². The van der Waals surface area contributed by atoms with E-state index in [9.17, 15) is 4.39 Å². The Hall–Kier alpha value is -6.05. The molecule has 0 aliphatic rings. The molecule has 0 spiro atoms. The molecule has 0 saturated heterocycles. The molecule has 10 rings (SSSR count). The Morgan fingerprint density at radius 3 is 2.33 bits per heavy atom. The van der Waals surface area contributed by atoms with Gasteiger partial charge in [-0.25, -0.2) is 4.98 Å². The first-order chi connectivity index (χ1) is 29.8. The van der Waals surface area contributed by atoms with Gasteiger partial charge >= 0.3 is 0 Å². The molecule has 0 fully saturated rings. The van der Waals surface area contributed by atoms with Crippen molar-refractivity contribution in [1.29, 1.82) is 0 Å². The average molecular weight is 995 g/mol. The molecule has 10 aromatic rings. The monoisotopic (exact) mass is 995 g/mol. The van der Waals surface area contributed by atoms with E-state index in [0.717, 1.165) is 71.6 Å². The number of pyridine rings is 2. The SMILES string of the molecule is CC(C)(C)c1ccc(-n2c(-c3[c-]ccc4c3oc3ncccc34)nc3c4ccccc4ccc32)c(-c2ccccc2)c1.[2H]C([2H])c1cc(-c2[c-]cc(F)cc2)ncc1[Si](C)(C)C.[Ir]. The molecule has 5 nitrogen and oxygen atoms in total. The molecule has 305 valence electrons. The second-order valence-electron chi connectivity index (χ2n) is 17.2. The second kappa shape index (κ2) is 16.4. The smallest absolute Gasteiger partial charge is 0.216 e. The minimum Gasteiger partial charge on any atom is -0.486 e. The van der Waals surface area contributed by atoms with Gasteiger partial charge in [0, 0.05) is 63.1 Å². The zero-order valence-electron chi connectivity index (χ0n) is 36.8. The van der Waals surface area contributed by atoms with Crippen molar-refractivity contribution in [2.24, 2.45) is 0 Å². The van der Waals surface area contributed by atoms with Crippen LogP contribution in [0, 0.1) is 24.8 Å². The number of nitrogens with zero attached hydrogens (tertiary/aromatic N) is 4. The molecule has 1 radical (unpaired) electrons. The van der Waals surface area contributed by atoms with Gasteiger partial charge in [-0.1, -0.05) is 130 Å². The Balaban J connectivity index is 0.000000219. The van der Waals surface area contributed by atoms with Gasteiger partial charge < -0.3 is 14.0 Å². The Morgan fingerprint density at radius 1 is 0.787 bits per heavy atom. The Morgan fingerprint density at radius 2 is 1.57 bits per heavy atom. The quantitative estimate of drug-likeness (QED) is 0.127. The maximum Gasteiger partial charge on any atom is 0.216 e. The van der Waals surface area contributed by atoms with E-state index in [4.69, 9.17) is 12.1 Å². The van der Waals surface area contributed by atoms with Crippen molar-refractivity contribution in [2.75, 3.05) is 0 Å². The van der Waals surface area contributed by atoms with Crippen molar-refractivity contribution in [3.05, 3.63) is 175 Å². The normalized spacial score (nSPS) is 12.3. The summed E-state index contributed by atoms with van der Waals surface area (Å²) in [6.07, 6.45) is 3.53.